The summed E-state index contributed by atoms with van der Waals surface area (Å²) in [6.07, 6.45) is 2.92. The van der Waals surface area contributed by atoms with Gasteiger partial charge in [0.15, 0.2) is 0 Å². The lowest BCUT2D eigenvalue weighted by Crippen LogP contribution is -2.08. The van der Waals surface area contributed by atoms with Gasteiger partial charge in [0.2, 0.25) is 0 Å². The molecule has 0 aliphatic heterocycles. The quantitative estimate of drug-likeness (QED) is 0.151. The van der Waals surface area contributed by atoms with Gasteiger partial charge in [0.05, 0.1) is 11.8 Å². The number of benzene rings is 7. The van der Waals surface area contributed by atoms with Gasteiger partial charge in [-0.2, -0.15) is 0 Å². The maximum Gasteiger partial charge on any atom is 0.0753 e. The normalized spacial score (nSPS) is 13.0. The van der Waals surface area contributed by atoms with Crippen LogP contribution in [0.2, 0.25) is 0 Å². The van der Waals surface area contributed by atoms with E-state index >= 15 is 0 Å². The zero-order valence-electron chi connectivity index (χ0n) is 24.8. The minimum absolute atomic E-state index is 0.00555. The monoisotopic (exact) mass is 566 g/mol. The minimum Gasteiger partial charge on any atom is -0.398 e. The van der Waals surface area contributed by atoms with Crippen molar-refractivity contribution in [2.75, 3.05) is 0 Å². The summed E-state index contributed by atoms with van der Waals surface area (Å²) in [7, 11) is 0. The molecule has 0 bridgehead atoms. The zero-order chi connectivity index (χ0) is 29.9. The maximum atomic E-state index is 6.75. The molecule has 0 amide bonds. The van der Waals surface area contributed by atoms with Crippen molar-refractivity contribution in [1.82, 2.24) is 0 Å². The van der Waals surface area contributed by atoms with Crippen molar-refractivity contribution in [2.24, 2.45) is 10.7 Å². The molecule has 0 aromatic heterocycles. The summed E-state index contributed by atoms with van der Waals surface area (Å²) < 4.78 is 0. The summed E-state index contributed by atoms with van der Waals surface area (Å²) in [6.45, 7) is 2.19. The Morgan fingerprint density at radius 1 is 0.591 bits per heavy atom. The molecule has 0 spiro atoms. The van der Waals surface area contributed by atoms with Crippen molar-refractivity contribution in [1.29, 1.82) is 0 Å². The fraction of sp³-hybridized carbons (Fsp3) is 0.0714. The Morgan fingerprint density at radius 3 is 1.75 bits per heavy atom. The lowest BCUT2D eigenvalue weighted by molar-refractivity contribution is 0.702. The second kappa shape index (κ2) is 12.0. The van der Waals surface area contributed by atoms with Gasteiger partial charge in [0.25, 0.3) is 0 Å². The minimum atomic E-state index is 0.00555. The topological polar surface area (TPSA) is 38.4 Å². The average Bonchev–Trinajstić information content (AvgIpc) is 3.10. The third kappa shape index (κ3) is 5.16. The molecule has 7 aromatic carbocycles. The molecule has 1 unspecified atom stereocenters. The number of allylic oxidation sites excluding steroid dienone is 1. The Labute approximate surface area is 258 Å². The lowest BCUT2D eigenvalue weighted by Gasteiger charge is -2.17. The molecule has 44 heavy (non-hydrogen) atoms. The summed E-state index contributed by atoms with van der Waals surface area (Å²) >= 11 is 0. The molecule has 0 saturated carbocycles. The van der Waals surface area contributed by atoms with Crippen LogP contribution in [0.1, 0.15) is 36.1 Å². The second-order valence-corrected chi connectivity index (χ2v) is 11.2. The van der Waals surface area contributed by atoms with Crippen LogP contribution in [-0.2, 0) is 0 Å². The average molecular weight is 567 g/mol. The number of rotatable bonds is 7. The van der Waals surface area contributed by atoms with Gasteiger partial charge in [-0.05, 0) is 73.1 Å². The molecule has 0 aliphatic rings. The smallest absolute Gasteiger partial charge is 0.0753 e. The van der Waals surface area contributed by atoms with Crippen LogP contribution in [0.25, 0.3) is 49.1 Å². The molecular weight excluding hydrogens is 532 g/mol. The van der Waals surface area contributed by atoms with Crippen molar-refractivity contribution in [3.8, 4) is 11.1 Å². The summed E-state index contributed by atoms with van der Waals surface area (Å²) in [5.74, 6) is 0. The molecule has 0 fully saturated rings. The molecule has 0 saturated heterocycles. The van der Waals surface area contributed by atoms with Gasteiger partial charge in [0, 0.05) is 11.3 Å². The van der Waals surface area contributed by atoms with Gasteiger partial charge in [-0.25, -0.2) is 0 Å². The largest absolute Gasteiger partial charge is 0.398 e. The van der Waals surface area contributed by atoms with Crippen LogP contribution >= 0.6 is 0 Å². The van der Waals surface area contributed by atoms with E-state index in [0.717, 1.165) is 34.4 Å². The van der Waals surface area contributed by atoms with Gasteiger partial charge in [-0.15, -0.1) is 0 Å². The summed E-state index contributed by atoms with van der Waals surface area (Å²) in [5.41, 5.74) is 13.8. The van der Waals surface area contributed by atoms with E-state index in [0.29, 0.717) is 5.70 Å². The third-order valence-electron chi connectivity index (χ3n) is 8.52. The molecule has 7 aromatic rings. The standard InChI is InChI=1S/C42H34N2/c1-2-41(30-17-7-4-8-18-30)44-42(28-40(43)29-15-5-3-6-16-29)38-24-14-9-19-32(38)31-25-26-37-35-22-11-10-20-33(35)34-21-12-13-23-36(34)39(37)27-31/h3-28,41H,2,43H2,1H3/b40-28-,44-42+. The van der Waals surface area contributed by atoms with Gasteiger partial charge in [-0.3, -0.25) is 4.99 Å². The summed E-state index contributed by atoms with van der Waals surface area (Å²) in [4.78, 5) is 5.40. The van der Waals surface area contributed by atoms with E-state index in [1.807, 2.05) is 36.4 Å². The SMILES string of the molecule is CCC(/N=C(\C=C(/N)c1ccccc1)c1ccccc1-c1ccc2c3ccccc3c3ccccc3c2c1)c1ccccc1. The fourth-order valence-corrected chi connectivity index (χ4v) is 6.32. The molecule has 1 atom stereocenters. The molecule has 7 rings (SSSR count). The summed E-state index contributed by atoms with van der Waals surface area (Å²) in [6, 6.07) is 53.5. The molecule has 2 nitrogen and oxygen atoms in total. The summed E-state index contributed by atoms with van der Waals surface area (Å²) in [5, 5.41) is 7.60. The van der Waals surface area contributed by atoms with Crippen molar-refractivity contribution >= 4 is 43.7 Å². The fourth-order valence-electron chi connectivity index (χ4n) is 6.32. The Balaban J connectivity index is 1.45. The van der Waals surface area contributed by atoms with E-state index in [2.05, 4.69) is 128 Å². The second-order valence-electron chi connectivity index (χ2n) is 11.2. The number of hydrogen-bond donors (Lipinski definition) is 1. The first kappa shape index (κ1) is 27.4. The molecule has 0 aliphatic carbocycles. The highest BCUT2D eigenvalue weighted by Gasteiger charge is 2.16. The van der Waals surface area contributed by atoms with Crippen molar-refractivity contribution in [2.45, 2.75) is 19.4 Å². The van der Waals surface area contributed by atoms with E-state index in [4.69, 9.17) is 10.7 Å². The van der Waals surface area contributed by atoms with Crippen LogP contribution in [0, 0.1) is 0 Å². The Hall–Kier alpha value is -5.47. The Kier molecular flexibility index (Phi) is 7.48. The first-order valence-electron chi connectivity index (χ1n) is 15.3. The number of hydrogen-bond acceptors (Lipinski definition) is 2. The van der Waals surface area contributed by atoms with Crippen LogP contribution in [0.15, 0.2) is 163 Å². The van der Waals surface area contributed by atoms with Crippen LogP contribution in [0.4, 0.5) is 0 Å². The number of nitrogens with two attached hydrogens (primary N) is 1. The molecule has 2 heteroatoms. The van der Waals surface area contributed by atoms with E-state index in [1.54, 1.807) is 0 Å². The molecule has 0 radical (unpaired) electrons. The van der Waals surface area contributed by atoms with E-state index in [-0.39, 0.29) is 6.04 Å². The third-order valence-corrected chi connectivity index (χ3v) is 8.52. The number of aliphatic imine (C=N–C) groups is 1. The lowest BCUT2D eigenvalue weighted by atomic mass is 9.90. The van der Waals surface area contributed by atoms with Crippen LogP contribution in [0.5, 0.6) is 0 Å². The Morgan fingerprint density at radius 2 is 1.11 bits per heavy atom. The molecule has 0 heterocycles. The highest BCUT2D eigenvalue weighted by atomic mass is 14.8. The van der Waals surface area contributed by atoms with Crippen molar-refractivity contribution in [3.63, 3.8) is 0 Å². The predicted molar refractivity (Wildman–Crippen MR) is 189 cm³/mol. The van der Waals surface area contributed by atoms with E-state index < -0.39 is 0 Å². The molecule has 2 N–H and O–H groups in total. The van der Waals surface area contributed by atoms with Gasteiger partial charge >= 0.3 is 0 Å². The Bertz CT molecular complexity index is 2120. The highest BCUT2D eigenvalue weighted by Crippen LogP contribution is 2.38. The molecule has 212 valence electrons. The number of fused-ring (bicyclic) bond motifs is 6. The van der Waals surface area contributed by atoms with Crippen molar-refractivity contribution < 1.29 is 0 Å². The van der Waals surface area contributed by atoms with Crippen LogP contribution in [-0.4, -0.2) is 5.71 Å². The van der Waals surface area contributed by atoms with E-state index in [1.165, 1.54) is 37.9 Å². The first-order valence-corrected chi connectivity index (χ1v) is 15.3. The first-order chi connectivity index (χ1) is 21.7. The van der Waals surface area contributed by atoms with Gasteiger partial charge < -0.3 is 5.73 Å². The predicted octanol–water partition coefficient (Wildman–Crippen LogP) is 10.8. The van der Waals surface area contributed by atoms with Crippen molar-refractivity contribution in [3.05, 3.63) is 174 Å². The number of nitrogens with zero attached hydrogens (tertiary/aromatic N) is 1. The van der Waals surface area contributed by atoms with Crippen LogP contribution in [0.3, 0.4) is 0 Å². The highest BCUT2D eigenvalue weighted by molar-refractivity contribution is 6.26. The van der Waals surface area contributed by atoms with Gasteiger partial charge in [-0.1, -0.05) is 153 Å². The molecular formula is C42H34N2. The maximum absolute atomic E-state index is 6.75. The zero-order valence-corrected chi connectivity index (χ0v) is 24.8. The van der Waals surface area contributed by atoms with Crippen LogP contribution < -0.4 is 5.73 Å². The van der Waals surface area contributed by atoms with E-state index in [9.17, 15) is 0 Å². The van der Waals surface area contributed by atoms with Gasteiger partial charge in [0.1, 0.15) is 0 Å².